The zero-order chi connectivity index (χ0) is 14.4. The standard InChI is InChI=1S/C16H19BrN2O/c1-2-20-13-7-5-6-12(10-13)16(11-18)19-15-9-4-3-8-14(15)17/h3-10,16,19H,2,11,18H2,1H3. The molecule has 2 rings (SSSR count). The molecular weight excluding hydrogens is 316 g/mol. The topological polar surface area (TPSA) is 47.3 Å². The van der Waals surface area contributed by atoms with Crippen molar-refractivity contribution in [2.45, 2.75) is 13.0 Å². The van der Waals surface area contributed by atoms with E-state index in [4.69, 9.17) is 10.5 Å². The highest BCUT2D eigenvalue weighted by atomic mass is 79.9. The van der Waals surface area contributed by atoms with Crippen molar-refractivity contribution in [3.63, 3.8) is 0 Å². The lowest BCUT2D eigenvalue weighted by Gasteiger charge is -2.20. The second-order valence-corrected chi connectivity index (χ2v) is 5.27. The Labute approximate surface area is 128 Å². The normalized spacial score (nSPS) is 11.9. The number of para-hydroxylation sites is 1. The number of nitrogens with two attached hydrogens (primary N) is 1. The predicted octanol–water partition coefficient (Wildman–Crippen LogP) is 3.96. The van der Waals surface area contributed by atoms with Crippen LogP contribution < -0.4 is 15.8 Å². The zero-order valence-electron chi connectivity index (χ0n) is 11.5. The SMILES string of the molecule is CCOc1cccc(C(CN)Nc2ccccc2Br)c1. The maximum atomic E-state index is 5.91. The molecule has 106 valence electrons. The van der Waals surface area contributed by atoms with Gasteiger partial charge in [-0.2, -0.15) is 0 Å². The second-order valence-electron chi connectivity index (χ2n) is 4.42. The Morgan fingerprint density at radius 2 is 2.00 bits per heavy atom. The summed E-state index contributed by atoms with van der Waals surface area (Å²) in [6.07, 6.45) is 0. The summed E-state index contributed by atoms with van der Waals surface area (Å²) < 4.78 is 6.56. The van der Waals surface area contributed by atoms with E-state index < -0.39 is 0 Å². The summed E-state index contributed by atoms with van der Waals surface area (Å²) in [6.45, 7) is 3.15. The van der Waals surface area contributed by atoms with Crippen molar-refractivity contribution in [1.29, 1.82) is 0 Å². The molecule has 2 aromatic carbocycles. The molecule has 1 atom stereocenters. The maximum Gasteiger partial charge on any atom is 0.119 e. The van der Waals surface area contributed by atoms with E-state index in [0.717, 1.165) is 21.5 Å². The molecule has 1 unspecified atom stereocenters. The summed E-state index contributed by atoms with van der Waals surface area (Å²) in [5, 5.41) is 3.46. The molecule has 3 nitrogen and oxygen atoms in total. The maximum absolute atomic E-state index is 5.91. The van der Waals surface area contributed by atoms with E-state index in [0.29, 0.717) is 13.2 Å². The number of ether oxygens (including phenoxy) is 1. The summed E-state index contributed by atoms with van der Waals surface area (Å²) in [4.78, 5) is 0. The Morgan fingerprint density at radius 1 is 1.20 bits per heavy atom. The Hall–Kier alpha value is -1.52. The summed E-state index contributed by atoms with van der Waals surface area (Å²) in [5.41, 5.74) is 8.06. The van der Waals surface area contributed by atoms with Crippen LogP contribution in [0.15, 0.2) is 53.0 Å². The quantitative estimate of drug-likeness (QED) is 0.840. The zero-order valence-corrected chi connectivity index (χ0v) is 13.1. The third-order valence-corrected chi connectivity index (χ3v) is 3.70. The van der Waals surface area contributed by atoms with Crippen LogP contribution in [0.25, 0.3) is 0 Å². The third-order valence-electron chi connectivity index (χ3n) is 3.01. The van der Waals surface area contributed by atoms with Crippen LogP contribution in [0, 0.1) is 0 Å². The Morgan fingerprint density at radius 3 is 2.70 bits per heavy atom. The summed E-state index contributed by atoms with van der Waals surface area (Å²) in [5.74, 6) is 0.873. The third kappa shape index (κ3) is 3.74. The molecule has 0 bridgehead atoms. The average Bonchev–Trinajstić information content (AvgIpc) is 2.47. The van der Waals surface area contributed by atoms with Crippen LogP contribution in [0.2, 0.25) is 0 Å². The first-order valence-electron chi connectivity index (χ1n) is 6.68. The van der Waals surface area contributed by atoms with Crippen LogP contribution in [-0.2, 0) is 0 Å². The highest BCUT2D eigenvalue weighted by Gasteiger charge is 2.11. The van der Waals surface area contributed by atoms with Gasteiger partial charge in [-0.15, -0.1) is 0 Å². The minimum absolute atomic E-state index is 0.0501. The summed E-state index contributed by atoms with van der Waals surface area (Å²) in [6, 6.07) is 16.1. The van der Waals surface area contributed by atoms with Gasteiger partial charge in [-0.25, -0.2) is 0 Å². The molecule has 4 heteroatoms. The van der Waals surface area contributed by atoms with Crippen LogP contribution in [0.3, 0.4) is 0 Å². The highest BCUT2D eigenvalue weighted by molar-refractivity contribution is 9.10. The first-order chi connectivity index (χ1) is 9.74. The molecule has 0 saturated heterocycles. The predicted molar refractivity (Wildman–Crippen MR) is 87.2 cm³/mol. The Kier molecular flexibility index (Phi) is 5.44. The van der Waals surface area contributed by atoms with Crippen molar-refractivity contribution < 1.29 is 4.74 Å². The van der Waals surface area contributed by atoms with Gasteiger partial charge in [0.1, 0.15) is 5.75 Å². The largest absolute Gasteiger partial charge is 0.494 e. The monoisotopic (exact) mass is 334 g/mol. The lowest BCUT2D eigenvalue weighted by atomic mass is 10.1. The fourth-order valence-electron chi connectivity index (χ4n) is 2.03. The van der Waals surface area contributed by atoms with E-state index >= 15 is 0 Å². The van der Waals surface area contributed by atoms with Crippen molar-refractivity contribution in [2.24, 2.45) is 5.73 Å². The van der Waals surface area contributed by atoms with Crippen LogP contribution in [0.4, 0.5) is 5.69 Å². The molecule has 2 aromatic rings. The molecule has 0 aliphatic carbocycles. The lowest BCUT2D eigenvalue weighted by Crippen LogP contribution is -2.20. The van der Waals surface area contributed by atoms with Crippen LogP contribution >= 0.6 is 15.9 Å². The molecule has 0 spiro atoms. The van der Waals surface area contributed by atoms with Crippen molar-refractivity contribution in [3.8, 4) is 5.75 Å². The van der Waals surface area contributed by atoms with Crippen LogP contribution in [0.5, 0.6) is 5.75 Å². The molecule has 0 heterocycles. The second kappa shape index (κ2) is 7.31. The number of halogens is 1. The summed E-state index contributed by atoms with van der Waals surface area (Å²) in [7, 11) is 0. The molecule has 3 N–H and O–H groups in total. The molecule has 0 aromatic heterocycles. The van der Waals surface area contributed by atoms with Gasteiger partial charge >= 0.3 is 0 Å². The molecule has 0 saturated carbocycles. The molecule has 0 amide bonds. The van der Waals surface area contributed by atoms with E-state index in [2.05, 4.69) is 27.3 Å². The average molecular weight is 335 g/mol. The van der Waals surface area contributed by atoms with E-state index in [-0.39, 0.29) is 6.04 Å². The smallest absolute Gasteiger partial charge is 0.119 e. The molecule has 0 fully saturated rings. The lowest BCUT2D eigenvalue weighted by molar-refractivity contribution is 0.339. The Bertz CT molecular complexity index is 560. The van der Waals surface area contributed by atoms with Gasteiger partial charge in [0, 0.05) is 16.7 Å². The van der Waals surface area contributed by atoms with Gasteiger partial charge in [0.2, 0.25) is 0 Å². The van der Waals surface area contributed by atoms with Gasteiger partial charge in [0.05, 0.1) is 12.6 Å². The number of nitrogens with one attached hydrogen (secondary N) is 1. The molecule has 0 aliphatic rings. The number of hydrogen-bond donors (Lipinski definition) is 2. The highest BCUT2D eigenvalue weighted by Crippen LogP contribution is 2.27. The summed E-state index contributed by atoms with van der Waals surface area (Å²) >= 11 is 3.54. The fraction of sp³-hybridized carbons (Fsp3) is 0.250. The number of hydrogen-bond acceptors (Lipinski definition) is 3. The van der Waals surface area contributed by atoms with Crippen molar-refractivity contribution in [1.82, 2.24) is 0 Å². The fourth-order valence-corrected chi connectivity index (χ4v) is 2.43. The first kappa shape index (κ1) is 14.9. The van der Waals surface area contributed by atoms with Gasteiger partial charge in [-0.3, -0.25) is 0 Å². The molecule has 20 heavy (non-hydrogen) atoms. The van der Waals surface area contributed by atoms with Gasteiger partial charge in [0.25, 0.3) is 0 Å². The van der Waals surface area contributed by atoms with E-state index in [1.807, 2.05) is 49.4 Å². The van der Waals surface area contributed by atoms with Gasteiger partial charge in [-0.1, -0.05) is 24.3 Å². The van der Waals surface area contributed by atoms with Crippen molar-refractivity contribution in [2.75, 3.05) is 18.5 Å². The van der Waals surface area contributed by atoms with Gasteiger partial charge in [0.15, 0.2) is 0 Å². The molecule has 0 radical (unpaired) electrons. The van der Waals surface area contributed by atoms with Crippen LogP contribution in [0.1, 0.15) is 18.5 Å². The number of anilines is 1. The van der Waals surface area contributed by atoms with Crippen molar-refractivity contribution >= 4 is 21.6 Å². The minimum atomic E-state index is 0.0501. The van der Waals surface area contributed by atoms with Gasteiger partial charge in [-0.05, 0) is 52.7 Å². The minimum Gasteiger partial charge on any atom is -0.494 e. The number of rotatable bonds is 6. The molecule has 0 aliphatic heterocycles. The van der Waals surface area contributed by atoms with E-state index in [1.165, 1.54) is 0 Å². The number of benzene rings is 2. The van der Waals surface area contributed by atoms with Gasteiger partial charge < -0.3 is 15.8 Å². The van der Waals surface area contributed by atoms with Crippen LogP contribution in [-0.4, -0.2) is 13.2 Å². The van der Waals surface area contributed by atoms with E-state index in [9.17, 15) is 0 Å². The Balaban J connectivity index is 2.20. The van der Waals surface area contributed by atoms with E-state index in [1.54, 1.807) is 0 Å². The van der Waals surface area contributed by atoms with Crippen molar-refractivity contribution in [3.05, 3.63) is 58.6 Å². The first-order valence-corrected chi connectivity index (χ1v) is 7.47. The molecular formula is C16H19BrN2O.